The summed E-state index contributed by atoms with van der Waals surface area (Å²) in [6.45, 7) is 0.0329. The molecule has 0 fully saturated rings. The van der Waals surface area contributed by atoms with Crippen LogP contribution in [0, 0.1) is 0 Å². The van der Waals surface area contributed by atoms with E-state index in [1.807, 2.05) is 36.4 Å². The van der Waals surface area contributed by atoms with Crippen molar-refractivity contribution in [2.45, 2.75) is 11.4 Å². The van der Waals surface area contributed by atoms with Crippen molar-refractivity contribution >= 4 is 70.8 Å². The number of thiocarbonyl (C=S) groups is 1. The predicted octanol–water partition coefficient (Wildman–Crippen LogP) is 4.92. The number of carbonyl (C=O) groups excluding carboxylic acids is 1. The molecule has 0 radical (unpaired) electrons. The first kappa shape index (κ1) is 26.3. The highest BCUT2D eigenvalue weighted by Crippen LogP contribution is 2.28. The molecule has 2 N–H and O–H groups in total. The van der Waals surface area contributed by atoms with Gasteiger partial charge in [0, 0.05) is 23.8 Å². The van der Waals surface area contributed by atoms with Crippen LogP contribution in [0.5, 0.6) is 5.75 Å². The van der Waals surface area contributed by atoms with Gasteiger partial charge in [0.2, 0.25) is 10.0 Å². The van der Waals surface area contributed by atoms with Crippen LogP contribution < -0.4 is 15.4 Å². The van der Waals surface area contributed by atoms with Gasteiger partial charge < -0.3 is 10.1 Å². The number of amides is 1. The molecule has 0 aliphatic rings. The molecule has 0 unspecified atom stereocenters. The van der Waals surface area contributed by atoms with E-state index >= 15 is 0 Å². The van der Waals surface area contributed by atoms with Crippen LogP contribution in [0.3, 0.4) is 0 Å². The number of anilines is 1. The Morgan fingerprint density at radius 3 is 2.35 bits per heavy atom. The molecule has 0 spiro atoms. The van der Waals surface area contributed by atoms with Crippen molar-refractivity contribution in [3.8, 4) is 5.75 Å². The first-order valence-electron chi connectivity index (χ1n) is 9.94. The monoisotopic (exact) mass is 625 g/mol. The number of sulfonamides is 1. The van der Waals surface area contributed by atoms with Gasteiger partial charge in [-0.3, -0.25) is 10.1 Å². The summed E-state index contributed by atoms with van der Waals surface area (Å²) in [5.74, 6) is 0.0836. The summed E-state index contributed by atoms with van der Waals surface area (Å²) in [6, 6.07) is 20.8. The third kappa shape index (κ3) is 7.34. The topological polar surface area (TPSA) is 87.7 Å². The van der Waals surface area contributed by atoms with E-state index in [1.54, 1.807) is 24.3 Å². The van der Waals surface area contributed by atoms with Crippen LogP contribution in [0.1, 0.15) is 5.56 Å². The van der Waals surface area contributed by atoms with E-state index in [0.29, 0.717) is 15.9 Å². The van der Waals surface area contributed by atoms with Crippen LogP contribution in [-0.4, -0.2) is 37.4 Å². The fourth-order valence-electron chi connectivity index (χ4n) is 2.88. The van der Waals surface area contributed by atoms with Gasteiger partial charge in [0.1, 0.15) is 5.75 Å². The van der Waals surface area contributed by atoms with Crippen LogP contribution in [-0.2, 0) is 21.4 Å². The molecule has 0 atom stereocenters. The van der Waals surface area contributed by atoms with Gasteiger partial charge in [-0.05, 0) is 76.2 Å². The normalized spacial score (nSPS) is 11.2. The Bertz CT molecular complexity index is 1270. The Morgan fingerprint density at radius 1 is 1.03 bits per heavy atom. The minimum Gasteiger partial charge on any atom is -0.483 e. The number of hydrogen-bond donors (Lipinski definition) is 2. The van der Waals surface area contributed by atoms with Gasteiger partial charge in [0.15, 0.2) is 11.7 Å². The number of nitrogens with one attached hydrogen (secondary N) is 2. The fraction of sp³-hybridized carbons (Fsp3) is 0.130. The summed E-state index contributed by atoms with van der Waals surface area (Å²) in [5, 5.41) is 5.45. The van der Waals surface area contributed by atoms with Crippen LogP contribution in [0.4, 0.5) is 5.69 Å². The lowest BCUT2D eigenvalue weighted by Crippen LogP contribution is -2.37. The molecule has 3 aromatic carbocycles. The second-order valence-electron chi connectivity index (χ2n) is 7.14. The Labute approximate surface area is 220 Å². The maximum atomic E-state index is 12.8. The molecule has 0 aromatic heterocycles. The molecular weight excluding hydrogens is 606 g/mol. The highest BCUT2D eigenvalue weighted by molar-refractivity contribution is 9.11. The summed E-state index contributed by atoms with van der Waals surface area (Å²) in [5.41, 5.74) is 1.43. The van der Waals surface area contributed by atoms with Gasteiger partial charge in [0.25, 0.3) is 5.91 Å². The molecule has 0 heterocycles. The molecule has 0 saturated heterocycles. The van der Waals surface area contributed by atoms with E-state index in [1.165, 1.54) is 23.5 Å². The van der Waals surface area contributed by atoms with Crippen molar-refractivity contribution in [2.75, 3.05) is 19.0 Å². The zero-order valence-electron chi connectivity index (χ0n) is 18.0. The minimum absolute atomic E-state index is 0.0697. The number of nitrogens with zero attached hydrogens (tertiary/aromatic N) is 1. The molecule has 7 nitrogen and oxygen atoms in total. The number of ether oxygens (including phenoxy) is 1. The second-order valence-corrected chi connectivity index (χ2v) is 11.4. The number of carbonyl (C=O) groups is 1. The van der Waals surface area contributed by atoms with Crippen LogP contribution in [0.25, 0.3) is 0 Å². The summed E-state index contributed by atoms with van der Waals surface area (Å²) in [7, 11) is -2.13. The maximum absolute atomic E-state index is 12.8. The Balaban J connectivity index is 1.53. The molecule has 3 rings (SSSR count). The summed E-state index contributed by atoms with van der Waals surface area (Å²) >= 11 is 11.9. The first-order chi connectivity index (χ1) is 16.1. The second kappa shape index (κ2) is 11.9. The van der Waals surface area contributed by atoms with Crippen LogP contribution in [0.2, 0.25) is 0 Å². The van der Waals surface area contributed by atoms with E-state index in [-0.39, 0.29) is 23.2 Å². The van der Waals surface area contributed by atoms with Crippen molar-refractivity contribution in [1.29, 1.82) is 0 Å². The van der Waals surface area contributed by atoms with Gasteiger partial charge in [0.05, 0.1) is 9.37 Å². The van der Waals surface area contributed by atoms with Gasteiger partial charge in [-0.2, -0.15) is 4.31 Å². The Hall–Kier alpha value is -2.31. The Morgan fingerprint density at radius 2 is 1.71 bits per heavy atom. The van der Waals surface area contributed by atoms with Crippen LogP contribution in [0.15, 0.2) is 86.6 Å². The number of benzene rings is 3. The minimum atomic E-state index is -3.66. The molecule has 0 aliphatic heterocycles. The average molecular weight is 627 g/mol. The highest BCUT2D eigenvalue weighted by atomic mass is 79.9. The molecule has 34 heavy (non-hydrogen) atoms. The number of rotatable bonds is 8. The summed E-state index contributed by atoms with van der Waals surface area (Å²) in [4.78, 5) is 12.3. The maximum Gasteiger partial charge on any atom is 0.264 e. The molecule has 3 aromatic rings. The third-order valence-corrected chi connectivity index (χ3v) is 7.71. The van der Waals surface area contributed by atoms with E-state index in [4.69, 9.17) is 17.0 Å². The highest BCUT2D eigenvalue weighted by Gasteiger charge is 2.21. The van der Waals surface area contributed by atoms with E-state index in [9.17, 15) is 13.2 Å². The lowest BCUT2D eigenvalue weighted by atomic mass is 10.2. The molecular formula is C23H21Br2N3O4S2. The predicted molar refractivity (Wildman–Crippen MR) is 143 cm³/mol. The smallest absolute Gasteiger partial charge is 0.264 e. The zero-order valence-corrected chi connectivity index (χ0v) is 22.8. The number of halogens is 2. The largest absolute Gasteiger partial charge is 0.483 e. The Kier molecular flexibility index (Phi) is 9.20. The van der Waals surface area contributed by atoms with Crippen molar-refractivity contribution < 1.29 is 17.9 Å². The summed E-state index contributed by atoms with van der Waals surface area (Å²) in [6.07, 6.45) is 0. The van der Waals surface area contributed by atoms with E-state index in [2.05, 4.69) is 42.5 Å². The number of hydrogen-bond acceptors (Lipinski definition) is 5. The fourth-order valence-corrected chi connectivity index (χ4v) is 5.43. The standard InChI is InChI=1S/C23H21Br2N3O4S2/c1-28(14-16-5-3-2-4-6-16)34(30,31)19-10-8-18(9-11-19)26-23(33)27-22(29)15-32-21-12-7-17(24)13-20(21)25/h2-13H,14-15H2,1H3,(H2,26,27,29,33). The SMILES string of the molecule is CN(Cc1ccccc1)S(=O)(=O)c1ccc(NC(=S)NC(=O)COc2ccc(Br)cc2Br)cc1. The quantitative estimate of drug-likeness (QED) is 0.345. The molecule has 178 valence electrons. The first-order valence-corrected chi connectivity index (χ1v) is 13.4. The van der Waals surface area contributed by atoms with Gasteiger partial charge in [-0.1, -0.05) is 46.3 Å². The van der Waals surface area contributed by atoms with Gasteiger partial charge >= 0.3 is 0 Å². The van der Waals surface area contributed by atoms with Crippen molar-refractivity contribution in [3.63, 3.8) is 0 Å². The lowest BCUT2D eigenvalue weighted by Gasteiger charge is -2.18. The van der Waals surface area contributed by atoms with Crippen molar-refractivity contribution in [3.05, 3.63) is 87.3 Å². The van der Waals surface area contributed by atoms with E-state index in [0.717, 1.165) is 10.0 Å². The molecule has 0 saturated carbocycles. The molecule has 0 bridgehead atoms. The zero-order chi connectivity index (χ0) is 24.7. The molecule has 1 amide bonds. The molecule has 0 aliphatic carbocycles. The van der Waals surface area contributed by atoms with Crippen LogP contribution >= 0.6 is 44.1 Å². The molecule has 11 heteroatoms. The average Bonchev–Trinajstić information content (AvgIpc) is 2.79. The van der Waals surface area contributed by atoms with E-state index < -0.39 is 15.9 Å². The van der Waals surface area contributed by atoms with Gasteiger partial charge in [-0.25, -0.2) is 8.42 Å². The van der Waals surface area contributed by atoms with Crippen molar-refractivity contribution in [1.82, 2.24) is 9.62 Å². The van der Waals surface area contributed by atoms with Crippen molar-refractivity contribution in [2.24, 2.45) is 0 Å². The lowest BCUT2D eigenvalue weighted by molar-refractivity contribution is -0.121. The van der Waals surface area contributed by atoms with Gasteiger partial charge in [-0.15, -0.1) is 0 Å². The summed E-state index contributed by atoms with van der Waals surface area (Å²) < 4.78 is 34.1. The third-order valence-electron chi connectivity index (χ3n) is 4.57.